The van der Waals surface area contributed by atoms with Crippen LogP contribution in [0.5, 0.6) is 0 Å². The van der Waals surface area contributed by atoms with Crippen LogP contribution < -0.4 is 5.32 Å². The fourth-order valence-corrected chi connectivity index (χ4v) is 2.37. The largest absolute Gasteiger partial charge is 0.398 e. The smallest absolute Gasteiger partial charge is 0.323 e. The molecule has 0 atom stereocenters. The molecule has 0 spiro atoms. The molecule has 2 aromatic rings. The summed E-state index contributed by atoms with van der Waals surface area (Å²) in [6.07, 6.45) is -3.00. The number of rotatable bonds is 5. The first-order valence-corrected chi connectivity index (χ1v) is 7.13. The lowest BCUT2D eigenvalue weighted by Crippen LogP contribution is -2.20. The van der Waals surface area contributed by atoms with Crippen LogP contribution in [0.15, 0.2) is 29.4 Å². The van der Waals surface area contributed by atoms with Gasteiger partial charge in [-0.2, -0.15) is 13.2 Å². The number of nitrogens with zero attached hydrogens (tertiary/aromatic N) is 4. The third kappa shape index (κ3) is 5.02. The molecule has 0 aliphatic carbocycles. The minimum atomic E-state index is -4.27. The van der Waals surface area contributed by atoms with Crippen molar-refractivity contribution in [1.82, 2.24) is 20.2 Å². The summed E-state index contributed by atoms with van der Waals surface area (Å²) in [5, 5.41) is 12.9. The van der Waals surface area contributed by atoms with Crippen molar-refractivity contribution < 1.29 is 18.0 Å². The summed E-state index contributed by atoms with van der Waals surface area (Å²) in [4.78, 5) is 12.2. The Hall–Kier alpha value is -2.10. The summed E-state index contributed by atoms with van der Waals surface area (Å²) >= 11 is 0.626. The van der Waals surface area contributed by atoms with Crippen molar-refractivity contribution in [3.05, 3.63) is 30.1 Å². The van der Waals surface area contributed by atoms with E-state index < -0.39 is 17.8 Å². The number of thioether (sulfide) groups is 1. The van der Waals surface area contributed by atoms with Crippen molar-refractivity contribution in [1.29, 1.82) is 0 Å². The van der Waals surface area contributed by atoms with Crippen molar-refractivity contribution >= 4 is 23.4 Å². The molecule has 0 fully saturated rings. The number of hydrogen-bond donors (Lipinski definition) is 1. The van der Waals surface area contributed by atoms with E-state index in [0.717, 1.165) is 5.56 Å². The molecule has 0 unspecified atom stereocenters. The summed E-state index contributed by atoms with van der Waals surface area (Å²) in [7, 11) is 0. The molecule has 118 valence electrons. The van der Waals surface area contributed by atoms with Gasteiger partial charge < -0.3 is 5.32 Å². The standard InChI is InChI=1S/C12H12F3N5OS/c1-8-2-3-10(22-6-12(13,14)15)9(4-8)17-11(21)5-20-7-16-18-19-20/h2-4,7H,5-6H2,1H3,(H,17,21). The first-order chi connectivity index (χ1) is 10.3. The summed E-state index contributed by atoms with van der Waals surface area (Å²) < 4.78 is 38.2. The van der Waals surface area contributed by atoms with Gasteiger partial charge in [-0.15, -0.1) is 16.9 Å². The second-order valence-corrected chi connectivity index (χ2v) is 5.48. The number of carbonyl (C=O) groups excluding carboxylic acids is 1. The second-order valence-electron chi connectivity index (χ2n) is 4.46. The van der Waals surface area contributed by atoms with E-state index in [2.05, 4.69) is 20.8 Å². The Kier molecular flexibility index (Phi) is 5.01. The first-order valence-electron chi connectivity index (χ1n) is 6.14. The number of benzene rings is 1. The number of nitrogens with one attached hydrogen (secondary N) is 1. The zero-order valence-electron chi connectivity index (χ0n) is 11.5. The second kappa shape index (κ2) is 6.77. The highest BCUT2D eigenvalue weighted by atomic mass is 32.2. The third-order valence-corrected chi connectivity index (χ3v) is 3.64. The van der Waals surface area contributed by atoms with Crippen molar-refractivity contribution in [3.63, 3.8) is 0 Å². The lowest BCUT2D eigenvalue weighted by molar-refractivity contribution is -0.117. The summed E-state index contributed by atoms with van der Waals surface area (Å²) in [5.41, 5.74) is 1.17. The lowest BCUT2D eigenvalue weighted by Gasteiger charge is -2.12. The van der Waals surface area contributed by atoms with Gasteiger partial charge in [-0.3, -0.25) is 4.79 Å². The highest BCUT2D eigenvalue weighted by molar-refractivity contribution is 7.99. The summed E-state index contributed by atoms with van der Waals surface area (Å²) in [6.45, 7) is 1.67. The Balaban J connectivity index is 2.08. The van der Waals surface area contributed by atoms with Crippen LogP contribution in [0.1, 0.15) is 5.56 Å². The van der Waals surface area contributed by atoms with E-state index in [-0.39, 0.29) is 6.54 Å². The number of anilines is 1. The molecule has 0 saturated carbocycles. The van der Waals surface area contributed by atoms with Crippen LogP contribution in [0, 0.1) is 6.92 Å². The van der Waals surface area contributed by atoms with E-state index in [1.165, 1.54) is 11.0 Å². The number of tetrazole rings is 1. The summed E-state index contributed by atoms with van der Waals surface area (Å²) in [6, 6.07) is 4.87. The molecule has 1 aromatic carbocycles. The molecule has 0 bridgehead atoms. The minimum absolute atomic E-state index is 0.121. The van der Waals surface area contributed by atoms with Crippen LogP contribution in [0.2, 0.25) is 0 Å². The van der Waals surface area contributed by atoms with Crippen molar-refractivity contribution in [2.24, 2.45) is 0 Å². The Morgan fingerprint density at radius 3 is 2.82 bits per heavy atom. The van der Waals surface area contributed by atoms with Gasteiger partial charge >= 0.3 is 6.18 Å². The van der Waals surface area contributed by atoms with E-state index in [4.69, 9.17) is 0 Å². The molecule has 0 aliphatic rings. The van der Waals surface area contributed by atoms with Crippen LogP contribution in [0.4, 0.5) is 18.9 Å². The highest BCUT2D eigenvalue weighted by Gasteiger charge is 2.27. The van der Waals surface area contributed by atoms with E-state index in [1.807, 2.05) is 0 Å². The molecule has 2 rings (SSSR count). The minimum Gasteiger partial charge on any atom is -0.323 e. The fraction of sp³-hybridized carbons (Fsp3) is 0.333. The van der Waals surface area contributed by atoms with Gasteiger partial charge in [-0.05, 0) is 35.0 Å². The number of halogens is 3. The van der Waals surface area contributed by atoms with Gasteiger partial charge in [0.05, 0.1) is 11.4 Å². The van der Waals surface area contributed by atoms with E-state index in [0.29, 0.717) is 22.3 Å². The molecule has 0 saturated heterocycles. The van der Waals surface area contributed by atoms with Crippen molar-refractivity contribution in [2.45, 2.75) is 24.5 Å². The SMILES string of the molecule is Cc1ccc(SCC(F)(F)F)c(NC(=O)Cn2cnnn2)c1. The average Bonchev–Trinajstić information content (AvgIpc) is 2.89. The van der Waals surface area contributed by atoms with Crippen LogP contribution >= 0.6 is 11.8 Å². The van der Waals surface area contributed by atoms with Gasteiger partial charge in [-0.1, -0.05) is 6.07 Å². The van der Waals surface area contributed by atoms with Crippen LogP contribution in [0.3, 0.4) is 0 Å². The van der Waals surface area contributed by atoms with E-state index in [1.54, 1.807) is 25.1 Å². The maximum Gasteiger partial charge on any atom is 0.398 e. The Morgan fingerprint density at radius 2 is 2.18 bits per heavy atom. The highest BCUT2D eigenvalue weighted by Crippen LogP contribution is 2.32. The van der Waals surface area contributed by atoms with E-state index in [9.17, 15) is 18.0 Å². The molecule has 1 amide bonds. The van der Waals surface area contributed by atoms with Gasteiger partial charge in [-0.25, -0.2) is 4.68 Å². The third-order valence-electron chi connectivity index (χ3n) is 2.50. The van der Waals surface area contributed by atoms with Gasteiger partial charge in [0.15, 0.2) is 0 Å². The normalized spacial score (nSPS) is 11.5. The van der Waals surface area contributed by atoms with Crippen molar-refractivity contribution in [2.75, 3.05) is 11.1 Å². The Bertz CT molecular complexity index is 645. The molecule has 1 heterocycles. The number of amides is 1. The monoisotopic (exact) mass is 331 g/mol. The predicted molar refractivity (Wildman–Crippen MR) is 74.4 cm³/mol. The number of alkyl halides is 3. The fourth-order valence-electron chi connectivity index (χ4n) is 1.62. The molecular weight excluding hydrogens is 319 g/mol. The maximum atomic E-state index is 12.3. The molecule has 1 aromatic heterocycles. The maximum absolute atomic E-state index is 12.3. The molecule has 22 heavy (non-hydrogen) atoms. The number of carbonyl (C=O) groups is 1. The summed E-state index contributed by atoms with van der Waals surface area (Å²) in [5.74, 6) is -1.45. The first kappa shape index (κ1) is 16.3. The van der Waals surface area contributed by atoms with Gasteiger partial charge in [0.1, 0.15) is 12.9 Å². The molecular formula is C12H12F3N5OS. The van der Waals surface area contributed by atoms with Crippen molar-refractivity contribution in [3.8, 4) is 0 Å². The quantitative estimate of drug-likeness (QED) is 0.851. The zero-order chi connectivity index (χ0) is 16.2. The number of aromatic nitrogens is 4. The lowest BCUT2D eigenvalue weighted by atomic mass is 10.2. The van der Waals surface area contributed by atoms with Crippen LogP contribution in [0.25, 0.3) is 0 Å². The van der Waals surface area contributed by atoms with Gasteiger partial charge in [0.2, 0.25) is 5.91 Å². The van der Waals surface area contributed by atoms with Gasteiger partial charge in [0.25, 0.3) is 0 Å². The van der Waals surface area contributed by atoms with Gasteiger partial charge in [0, 0.05) is 4.90 Å². The Labute approximate surface area is 128 Å². The average molecular weight is 331 g/mol. The zero-order valence-corrected chi connectivity index (χ0v) is 12.3. The molecule has 1 N–H and O–H groups in total. The van der Waals surface area contributed by atoms with Crippen LogP contribution in [-0.4, -0.2) is 38.0 Å². The van der Waals surface area contributed by atoms with E-state index >= 15 is 0 Å². The molecule has 0 radical (unpaired) electrons. The predicted octanol–water partition coefficient (Wildman–Crippen LogP) is 2.27. The Morgan fingerprint density at radius 1 is 1.41 bits per heavy atom. The molecule has 0 aliphatic heterocycles. The molecule has 6 nitrogen and oxygen atoms in total. The van der Waals surface area contributed by atoms with Crippen LogP contribution in [-0.2, 0) is 11.3 Å². The number of aryl methyl sites for hydroxylation is 1. The topological polar surface area (TPSA) is 72.7 Å². The molecule has 10 heteroatoms. The number of hydrogen-bond acceptors (Lipinski definition) is 5.